The van der Waals surface area contributed by atoms with Crippen molar-refractivity contribution in [3.8, 4) is 0 Å². The van der Waals surface area contributed by atoms with E-state index in [1.54, 1.807) is 10.5 Å². The largest absolute Gasteiger partial charge is 0.351 e. The highest BCUT2D eigenvalue weighted by atomic mass is 32.2. The minimum Gasteiger partial charge on any atom is -0.351 e. The lowest BCUT2D eigenvalue weighted by Crippen LogP contribution is -2.24. The molecule has 0 aliphatic carbocycles. The van der Waals surface area contributed by atoms with Crippen LogP contribution in [0.5, 0.6) is 0 Å². The summed E-state index contributed by atoms with van der Waals surface area (Å²) in [4.78, 5) is 29.2. The average molecular weight is 374 g/mol. The number of amides is 1. The molecular formula is C18H19N3O2S2. The molecule has 25 heavy (non-hydrogen) atoms. The van der Waals surface area contributed by atoms with E-state index < -0.39 is 0 Å². The Morgan fingerprint density at radius 1 is 1.28 bits per heavy atom. The Bertz CT molecular complexity index is 945. The Hall–Kier alpha value is -2.12. The zero-order valence-electron chi connectivity index (χ0n) is 14.1. The Balaban J connectivity index is 1.50. The number of rotatable bonds is 6. The topological polar surface area (TPSA) is 63.5 Å². The van der Waals surface area contributed by atoms with E-state index in [1.165, 1.54) is 28.7 Å². The summed E-state index contributed by atoms with van der Waals surface area (Å²) in [6.45, 7) is 4.45. The molecule has 0 atom stereocenters. The number of benzene rings is 1. The highest BCUT2D eigenvalue weighted by Crippen LogP contribution is 2.14. The summed E-state index contributed by atoms with van der Waals surface area (Å²) in [5.41, 5.74) is 3.82. The molecule has 1 aromatic carbocycles. The fourth-order valence-electron chi connectivity index (χ4n) is 2.38. The maximum Gasteiger partial charge on any atom is 0.258 e. The van der Waals surface area contributed by atoms with Crippen LogP contribution in [0.25, 0.3) is 4.96 Å². The van der Waals surface area contributed by atoms with E-state index in [9.17, 15) is 9.59 Å². The molecular weight excluding hydrogens is 354 g/mol. The monoisotopic (exact) mass is 373 g/mol. The maximum absolute atomic E-state index is 12.1. The van der Waals surface area contributed by atoms with Crippen molar-refractivity contribution >= 4 is 34.0 Å². The van der Waals surface area contributed by atoms with E-state index in [4.69, 9.17) is 0 Å². The van der Waals surface area contributed by atoms with Gasteiger partial charge in [-0.2, -0.15) is 0 Å². The smallest absolute Gasteiger partial charge is 0.258 e. The van der Waals surface area contributed by atoms with Crippen molar-refractivity contribution < 1.29 is 4.79 Å². The van der Waals surface area contributed by atoms with Crippen LogP contribution < -0.4 is 10.9 Å². The van der Waals surface area contributed by atoms with Gasteiger partial charge in [-0.25, -0.2) is 4.98 Å². The highest BCUT2D eigenvalue weighted by molar-refractivity contribution is 7.99. The van der Waals surface area contributed by atoms with Crippen molar-refractivity contribution in [3.63, 3.8) is 0 Å². The molecule has 7 heteroatoms. The molecule has 0 bridgehead atoms. The number of hydrogen-bond donors (Lipinski definition) is 1. The van der Waals surface area contributed by atoms with Crippen molar-refractivity contribution in [2.75, 3.05) is 5.75 Å². The summed E-state index contributed by atoms with van der Waals surface area (Å²) >= 11 is 2.91. The number of thioether (sulfide) groups is 1. The van der Waals surface area contributed by atoms with Crippen LogP contribution in [0.1, 0.15) is 22.5 Å². The molecule has 130 valence electrons. The number of aromatic nitrogens is 2. The summed E-state index contributed by atoms with van der Waals surface area (Å²) in [7, 11) is 0. The van der Waals surface area contributed by atoms with Crippen LogP contribution >= 0.6 is 23.1 Å². The number of carbonyl (C=O) groups excluding carboxylic acids is 1. The van der Waals surface area contributed by atoms with Gasteiger partial charge in [0.05, 0.1) is 11.4 Å². The van der Waals surface area contributed by atoms with E-state index >= 15 is 0 Å². The standard InChI is InChI=1S/C18H19N3O2S2/c1-12-3-5-14(6-4-12)8-19-16(22)11-24-10-15-7-17(23)21-13(2)9-25-18(21)20-15/h3-7,9H,8,10-11H2,1-2H3,(H,19,22). The number of nitrogens with zero attached hydrogens (tertiary/aromatic N) is 2. The third-order valence-electron chi connectivity index (χ3n) is 3.72. The lowest BCUT2D eigenvalue weighted by atomic mass is 10.1. The van der Waals surface area contributed by atoms with Crippen LogP contribution in [0, 0.1) is 13.8 Å². The van der Waals surface area contributed by atoms with Crippen molar-refractivity contribution in [3.05, 3.63) is 68.6 Å². The van der Waals surface area contributed by atoms with E-state index in [2.05, 4.69) is 10.3 Å². The Kier molecular flexibility index (Phi) is 5.55. The number of hydrogen-bond acceptors (Lipinski definition) is 5. The molecule has 1 amide bonds. The average Bonchev–Trinajstić information content (AvgIpc) is 2.96. The van der Waals surface area contributed by atoms with Gasteiger partial charge in [-0.3, -0.25) is 14.0 Å². The van der Waals surface area contributed by atoms with Gasteiger partial charge in [-0.1, -0.05) is 29.8 Å². The molecule has 3 aromatic rings. The van der Waals surface area contributed by atoms with E-state index in [-0.39, 0.29) is 11.5 Å². The van der Waals surface area contributed by atoms with Gasteiger partial charge in [0.25, 0.3) is 5.56 Å². The van der Waals surface area contributed by atoms with Gasteiger partial charge >= 0.3 is 0 Å². The first-order valence-corrected chi connectivity index (χ1v) is 9.93. The maximum atomic E-state index is 12.1. The van der Waals surface area contributed by atoms with E-state index in [0.717, 1.165) is 11.3 Å². The Labute approximate surface area is 154 Å². The van der Waals surface area contributed by atoms with Crippen LogP contribution in [0.3, 0.4) is 0 Å². The molecule has 0 aliphatic heterocycles. The summed E-state index contributed by atoms with van der Waals surface area (Å²) in [5.74, 6) is 0.868. The van der Waals surface area contributed by atoms with Crippen LogP contribution in [0.4, 0.5) is 0 Å². The van der Waals surface area contributed by atoms with E-state index in [1.807, 2.05) is 43.5 Å². The second kappa shape index (κ2) is 7.84. The van der Waals surface area contributed by atoms with Crippen molar-refractivity contribution in [1.29, 1.82) is 0 Å². The van der Waals surface area contributed by atoms with E-state index in [0.29, 0.717) is 28.7 Å². The van der Waals surface area contributed by atoms with Gasteiger partial charge in [0, 0.05) is 29.4 Å². The third kappa shape index (κ3) is 4.49. The zero-order chi connectivity index (χ0) is 17.8. The molecule has 1 N–H and O–H groups in total. The summed E-state index contributed by atoms with van der Waals surface area (Å²) in [5, 5.41) is 4.82. The SMILES string of the molecule is Cc1ccc(CNC(=O)CSCc2cc(=O)n3c(C)csc3n2)cc1. The van der Waals surface area contributed by atoms with Crippen molar-refractivity contribution in [2.24, 2.45) is 0 Å². The summed E-state index contributed by atoms with van der Waals surface area (Å²) in [6.07, 6.45) is 0. The van der Waals surface area contributed by atoms with Gasteiger partial charge in [0.2, 0.25) is 5.91 Å². The van der Waals surface area contributed by atoms with Crippen molar-refractivity contribution in [2.45, 2.75) is 26.1 Å². The van der Waals surface area contributed by atoms with Gasteiger partial charge in [-0.15, -0.1) is 23.1 Å². The van der Waals surface area contributed by atoms with Crippen LogP contribution in [-0.2, 0) is 17.1 Å². The molecule has 5 nitrogen and oxygen atoms in total. The molecule has 2 heterocycles. The first kappa shape index (κ1) is 17.7. The minimum atomic E-state index is -0.0665. The minimum absolute atomic E-state index is 0.0182. The summed E-state index contributed by atoms with van der Waals surface area (Å²) in [6, 6.07) is 9.63. The first-order chi connectivity index (χ1) is 12.0. The molecule has 0 spiro atoms. The molecule has 3 rings (SSSR count). The number of fused-ring (bicyclic) bond motifs is 1. The normalized spacial score (nSPS) is 11.0. The van der Waals surface area contributed by atoms with Crippen LogP contribution in [0.2, 0.25) is 0 Å². The first-order valence-electron chi connectivity index (χ1n) is 7.90. The molecule has 0 saturated heterocycles. The van der Waals surface area contributed by atoms with Crippen LogP contribution in [-0.4, -0.2) is 21.0 Å². The fourth-order valence-corrected chi connectivity index (χ4v) is 4.02. The second-order valence-electron chi connectivity index (χ2n) is 5.84. The molecule has 2 aromatic heterocycles. The van der Waals surface area contributed by atoms with Gasteiger partial charge < -0.3 is 5.32 Å². The third-order valence-corrected chi connectivity index (χ3v) is 5.63. The predicted molar refractivity (Wildman–Crippen MR) is 103 cm³/mol. The second-order valence-corrected chi connectivity index (χ2v) is 7.66. The lowest BCUT2D eigenvalue weighted by Gasteiger charge is -2.06. The number of nitrogens with one attached hydrogen (secondary N) is 1. The molecule has 0 unspecified atom stereocenters. The molecule has 0 fully saturated rings. The molecule has 0 saturated carbocycles. The molecule has 0 aliphatic rings. The number of carbonyl (C=O) groups is 1. The molecule has 0 radical (unpaired) electrons. The Morgan fingerprint density at radius 3 is 2.80 bits per heavy atom. The van der Waals surface area contributed by atoms with Gasteiger partial charge in [0.15, 0.2) is 4.96 Å². The number of aryl methyl sites for hydroxylation is 2. The van der Waals surface area contributed by atoms with Crippen LogP contribution in [0.15, 0.2) is 40.5 Å². The number of thiazole rings is 1. The Morgan fingerprint density at radius 2 is 2.04 bits per heavy atom. The quantitative estimate of drug-likeness (QED) is 0.722. The zero-order valence-corrected chi connectivity index (χ0v) is 15.7. The predicted octanol–water partition coefficient (Wildman–Crippen LogP) is 2.92. The lowest BCUT2D eigenvalue weighted by molar-refractivity contribution is -0.118. The fraction of sp³-hybridized carbons (Fsp3) is 0.278. The summed E-state index contributed by atoms with van der Waals surface area (Å²) < 4.78 is 1.60. The van der Waals surface area contributed by atoms with Crippen molar-refractivity contribution in [1.82, 2.24) is 14.7 Å². The van der Waals surface area contributed by atoms with Gasteiger partial charge in [-0.05, 0) is 19.4 Å². The highest BCUT2D eigenvalue weighted by Gasteiger charge is 2.08. The van der Waals surface area contributed by atoms with Gasteiger partial charge in [0.1, 0.15) is 0 Å².